The first-order chi connectivity index (χ1) is 9.88. The Morgan fingerprint density at radius 2 is 2.14 bits per heavy atom. The molecule has 1 aromatic carbocycles. The number of aliphatic carboxylic acids is 1. The van der Waals surface area contributed by atoms with Crippen molar-refractivity contribution in [2.75, 3.05) is 13.1 Å². The van der Waals surface area contributed by atoms with E-state index in [0.717, 1.165) is 5.56 Å². The van der Waals surface area contributed by atoms with Gasteiger partial charge in [-0.05, 0) is 37.1 Å². The molecule has 1 aromatic rings. The highest BCUT2D eigenvalue weighted by Gasteiger charge is 2.31. The third kappa shape index (κ3) is 3.80. The summed E-state index contributed by atoms with van der Waals surface area (Å²) in [7, 11) is 0. The normalized spacial score (nSPS) is 19.4. The van der Waals surface area contributed by atoms with Crippen molar-refractivity contribution >= 4 is 35.2 Å². The highest BCUT2D eigenvalue weighted by molar-refractivity contribution is 6.33. The van der Waals surface area contributed by atoms with Crippen molar-refractivity contribution in [2.24, 2.45) is 5.92 Å². The molecule has 114 valence electrons. The van der Waals surface area contributed by atoms with Crippen LogP contribution in [0.1, 0.15) is 24.9 Å². The highest BCUT2D eigenvalue weighted by Crippen LogP contribution is 2.26. The number of urea groups is 1. The van der Waals surface area contributed by atoms with E-state index in [-0.39, 0.29) is 18.6 Å². The molecule has 0 bridgehead atoms. The third-order valence-electron chi connectivity index (χ3n) is 3.59. The quantitative estimate of drug-likeness (QED) is 0.894. The Bertz CT molecular complexity index is 565. The van der Waals surface area contributed by atoms with Crippen LogP contribution in [0.3, 0.4) is 0 Å². The molecular formula is C14H16Cl2N2O3. The second kappa shape index (κ2) is 6.54. The Balaban J connectivity index is 1.99. The van der Waals surface area contributed by atoms with Crippen LogP contribution in [0.15, 0.2) is 18.2 Å². The van der Waals surface area contributed by atoms with Crippen LogP contribution in [-0.4, -0.2) is 35.1 Å². The van der Waals surface area contributed by atoms with Gasteiger partial charge in [0.25, 0.3) is 0 Å². The van der Waals surface area contributed by atoms with Gasteiger partial charge in [-0.25, -0.2) is 4.79 Å². The summed E-state index contributed by atoms with van der Waals surface area (Å²) in [6, 6.07) is 4.46. The molecule has 0 radical (unpaired) electrons. The largest absolute Gasteiger partial charge is 0.481 e. The monoisotopic (exact) mass is 330 g/mol. The molecule has 5 nitrogen and oxygen atoms in total. The van der Waals surface area contributed by atoms with Crippen molar-refractivity contribution in [3.63, 3.8) is 0 Å². The number of carbonyl (C=O) groups excluding carboxylic acids is 1. The Hall–Kier alpha value is -1.46. The van der Waals surface area contributed by atoms with Gasteiger partial charge in [0.2, 0.25) is 0 Å². The molecule has 2 atom stereocenters. The van der Waals surface area contributed by atoms with Crippen molar-refractivity contribution in [3.8, 4) is 0 Å². The summed E-state index contributed by atoms with van der Waals surface area (Å²) < 4.78 is 0. The van der Waals surface area contributed by atoms with Crippen LogP contribution in [0.4, 0.5) is 4.79 Å². The number of carbonyl (C=O) groups is 2. The van der Waals surface area contributed by atoms with E-state index in [9.17, 15) is 9.59 Å². The zero-order valence-electron chi connectivity index (χ0n) is 11.5. The van der Waals surface area contributed by atoms with Crippen LogP contribution >= 0.6 is 23.2 Å². The average molecular weight is 331 g/mol. The fourth-order valence-electron chi connectivity index (χ4n) is 2.35. The predicted octanol–water partition coefficient (Wildman–Crippen LogP) is 3.17. The molecular weight excluding hydrogens is 315 g/mol. The summed E-state index contributed by atoms with van der Waals surface area (Å²) >= 11 is 12.0. The van der Waals surface area contributed by atoms with E-state index in [1.807, 2.05) is 0 Å². The first-order valence-electron chi connectivity index (χ1n) is 6.61. The van der Waals surface area contributed by atoms with Gasteiger partial charge in [-0.2, -0.15) is 0 Å². The number of amides is 2. The number of hydrogen-bond donors (Lipinski definition) is 2. The minimum Gasteiger partial charge on any atom is -0.481 e. The van der Waals surface area contributed by atoms with Crippen molar-refractivity contribution in [1.82, 2.24) is 10.2 Å². The number of rotatable bonds is 3. The van der Waals surface area contributed by atoms with Gasteiger partial charge in [-0.3, -0.25) is 4.79 Å². The van der Waals surface area contributed by atoms with Gasteiger partial charge in [0.05, 0.1) is 12.0 Å². The Morgan fingerprint density at radius 1 is 1.43 bits per heavy atom. The zero-order chi connectivity index (χ0) is 15.6. The van der Waals surface area contributed by atoms with Crippen LogP contribution in [-0.2, 0) is 4.79 Å². The molecule has 0 aliphatic carbocycles. The third-order valence-corrected chi connectivity index (χ3v) is 4.17. The molecule has 1 aliphatic heterocycles. The Kier molecular flexibility index (Phi) is 4.96. The second-order valence-corrected chi connectivity index (χ2v) is 5.95. The molecule has 0 saturated carbocycles. The van der Waals surface area contributed by atoms with Crippen LogP contribution in [0.2, 0.25) is 10.0 Å². The Labute approximate surface area is 132 Å². The minimum absolute atomic E-state index is 0.233. The molecule has 2 N–H and O–H groups in total. The van der Waals surface area contributed by atoms with Gasteiger partial charge in [-0.1, -0.05) is 23.2 Å². The van der Waals surface area contributed by atoms with E-state index in [0.29, 0.717) is 23.0 Å². The van der Waals surface area contributed by atoms with Gasteiger partial charge < -0.3 is 15.3 Å². The number of nitrogens with zero attached hydrogens (tertiary/aromatic N) is 1. The first kappa shape index (κ1) is 15.9. The summed E-state index contributed by atoms with van der Waals surface area (Å²) in [5.74, 6) is -1.35. The van der Waals surface area contributed by atoms with E-state index in [4.69, 9.17) is 28.3 Å². The average Bonchev–Trinajstić information content (AvgIpc) is 2.91. The van der Waals surface area contributed by atoms with Crippen LogP contribution in [0.5, 0.6) is 0 Å². The fourth-order valence-corrected chi connectivity index (χ4v) is 2.81. The van der Waals surface area contributed by atoms with E-state index in [2.05, 4.69) is 5.32 Å². The molecule has 1 heterocycles. The smallest absolute Gasteiger partial charge is 0.317 e. The van der Waals surface area contributed by atoms with Crippen molar-refractivity contribution in [1.29, 1.82) is 0 Å². The second-order valence-electron chi connectivity index (χ2n) is 5.11. The predicted molar refractivity (Wildman–Crippen MR) is 80.7 cm³/mol. The van der Waals surface area contributed by atoms with Crippen LogP contribution in [0.25, 0.3) is 0 Å². The lowest BCUT2D eigenvalue weighted by molar-refractivity contribution is -0.141. The lowest BCUT2D eigenvalue weighted by Crippen LogP contribution is -2.40. The molecule has 21 heavy (non-hydrogen) atoms. The van der Waals surface area contributed by atoms with Crippen molar-refractivity contribution in [2.45, 2.75) is 19.4 Å². The lowest BCUT2D eigenvalue weighted by Gasteiger charge is -2.21. The number of carboxylic acid groups (broad SMARTS) is 1. The SMILES string of the molecule is C[C@H](NC(=O)N1CCC(C(=O)O)C1)c1cc(Cl)ccc1Cl. The van der Waals surface area contributed by atoms with Crippen molar-refractivity contribution in [3.05, 3.63) is 33.8 Å². The van der Waals surface area contributed by atoms with Crippen molar-refractivity contribution < 1.29 is 14.7 Å². The molecule has 2 amide bonds. The maximum Gasteiger partial charge on any atom is 0.317 e. The first-order valence-corrected chi connectivity index (χ1v) is 7.37. The maximum absolute atomic E-state index is 12.1. The van der Waals surface area contributed by atoms with Crippen LogP contribution in [0, 0.1) is 5.92 Å². The standard InChI is InChI=1S/C14H16Cl2N2O3/c1-8(11-6-10(15)2-3-12(11)16)17-14(21)18-5-4-9(7-18)13(19)20/h2-3,6,8-9H,4-5,7H2,1H3,(H,17,21)(H,19,20)/t8-,9?/m0/s1. The maximum atomic E-state index is 12.1. The number of likely N-dealkylation sites (tertiary alicyclic amines) is 1. The summed E-state index contributed by atoms with van der Waals surface area (Å²) in [5, 5.41) is 12.8. The Morgan fingerprint density at radius 3 is 2.76 bits per heavy atom. The molecule has 1 aliphatic rings. The summed E-state index contributed by atoms with van der Waals surface area (Å²) in [4.78, 5) is 24.6. The number of hydrogen-bond acceptors (Lipinski definition) is 2. The van der Waals surface area contributed by atoms with Gasteiger partial charge in [0, 0.05) is 23.1 Å². The van der Waals surface area contributed by atoms with E-state index in [1.165, 1.54) is 4.90 Å². The van der Waals surface area contributed by atoms with E-state index < -0.39 is 11.9 Å². The molecule has 7 heteroatoms. The molecule has 1 fully saturated rings. The van der Waals surface area contributed by atoms with Gasteiger partial charge in [0.1, 0.15) is 0 Å². The number of benzene rings is 1. The fraction of sp³-hybridized carbons (Fsp3) is 0.429. The molecule has 0 aromatic heterocycles. The van der Waals surface area contributed by atoms with Gasteiger partial charge >= 0.3 is 12.0 Å². The number of halogens is 2. The lowest BCUT2D eigenvalue weighted by atomic mass is 10.1. The molecule has 2 rings (SSSR count). The molecule has 0 spiro atoms. The van der Waals surface area contributed by atoms with E-state index >= 15 is 0 Å². The van der Waals surface area contributed by atoms with Gasteiger partial charge in [-0.15, -0.1) is 0 Å². The highest BCUT2D eigenvalue weighted by atomic mass is 35.5. The van der Waals surface area contributed by atoms with E-state index in [1.54, 1.807) is 25.1 Å². The zero-order valence-corrected chi connectivity index (χ0v) is 13.0. The topological polar surface area (TPSA) is 69.6 Å². The molecule has 1 saturated heterocycles. The summed E-state index contributed by atoms with van der Waals surface area (Å²) in [5.41, 5.74) is 0.728. The van der Waals surface area contributed by atoms with Crippen LogP contribution < -0.4 is 5.32 Å². The number of carboxylic acids is 1. The summed E-state index contributed by atoms with van der Waals surface area (Å²) in [6.07, 6.45) is 0.481. The minimum atomic E-state index is -0.865. The van der Waals surface area contributed by atoms with Gasteiger partial charge in [0.15, 0.2) is 0 Å². The summed E-state index contributed by atoms with van der Waals surface area (Å²) in [6.45, 7) is 2.48. The molecule has 1 unspecified atom stereocenters. The number of nitrogens with one attached hydrogen (secondary N) is 1.